The average Bonchev–Trinajstić information content (AvgIpc) is 3.16. The van der Waals surface area contributed by atoms with Crippen molar-refractivity contribution in [3.63, 3.8) is 0 Å². The third-order valence-electron chi connectivity index (χ3n) is 4.53. The highest BCUT2D eigenvalue weighted by atomic mass is 32.1. The van der Waals surface area contributed by atoms with E-state index < -0.39 is 5.91 Å². The van der Waals surface area contributed by atoms with Crippen LogP contribution >= 0.6 is 11.3 Å². The molecule has 1 amide bonds. The van der Waals surface area contributed by atoms with Crippen LogP contribution in [0.4, 0.5) is 5.82 Å². The molecule has 0 radical (unpaired) electrons. The number of benzene rings is 1. The van der Waals surface area contributed by atoms with E-state index in [1.807, 2.05) is 28.1 Å². The van der Waals surface area contributed by atoms with Crippen molar-refractivity contribution in [2.45, 2.75) is 18.9 Å². The zero-order valence-corrected chi connectivity index (χ0v) is 15.1. The maximum absolute atomic E-state index is 11.3. The molecule has 3 heterocycles. The Morgan fingerprint density at radius 3 is 2.67 bits per heavy atom. The Morgan fingerprint density at radius 1 is 1.19 bits per heavy atom. The molecule has 1 aliphatic rings. The lowest BCUT2D eigenvalue weighted by Gasteiger charge is -2.09. The van der Waals surface area contributed by atoms with Crippen molar-refractivity contribution in [1.82, 2.24) is 19.5 Å². The van der Waals surface area contributed by atoms with Gasteiger partial charge in [-0.05, 0) is 36.4 Å². The highest BCUT2D eigenvalue weighted by Crippen LogP contribution is 2.30. The van der Waals surface area contributed by atoms with Crippen LogP contribution in [0.25, 0.3) is 28.2 Å². The molecule has 1 saturated carbocycles. The van der Waals surface area contributed by atoms with Gasteiger partial charge < -0.3 is 11.1 Å². The van der Waals surface area contributed by atoms with E-state index in [0.29, 0.717) is 17.4 Å². The fraction of sp³-hybridized carbons (Fsp3) is 0.158. The van der Waals surface area contributed by atoms with Crippen LogP contribution < -0.4 is 11.1 Å². The van der Waals surface area contributed by atoms with Crippen molar-refractivity contribution in [1.29, 1.82) is 0 Å². The van der Waals surface area contributed by atoms with Gasteiger partial charge in [0, 0.05) is 22.5 Å². The quantitative estimate of drug-likeness (QED) is 0.557. The van der Waals surface area contributed by atoms with Gasteiger partial charge in [-0.2, -0.15) is 11.3 Å². The number of nitrogens with two attached hydrogens (primary N) is 1. The number of nitrogens with one attached hydrogen (secondary N) is 1. The van der Waals surface area contributed by atoms with Crippen LogP contribution in [-0.2, 0) is 0 Å². The molecule has 7 nitrogen and oxygen atoms in total. The Bertz CT molecular complexity index is 1130. The van der Waals surface area contributed by atoms with Crippen LogP contribution in [0.5, 0.6) is 0 Å². The lowest BCUT2D eigenvalue weighted by atomic mass is 10.1. The van der Waals surface area contributed by atoms with E-state index in [4.69, 9.17) is 15.7 Å². The van der Waals surface area contributed by atoms with Gasteiger partial charge >= 0.3 is 0 Å². The van der Waals surface area contributed by atoms with Gasteiger partial charge in [-0.3, -0.25) is 9.36 Å². The molecule has 0 bridgehead atoms. The Balaban J connectivity index is 1.67. The summed E-state index contributed by atoms with van der Waals surface area (Å²) in [5.41, 5.74) is 9.14. The Hall–Kier alpha value is -3.26. The Labute approximate surface area is 158 Å². The van der Waals surface area contributed by atoms with E-state index in [-0.39, 0.29) is 0 Å². The van der Waals surface area contributed by atoms with Gasteiger partial charge in [-0.25, -0.2) is 15.0 Å². The second-order valence-corrected chi connectivity index (χ2v) is 7.30. The van der Waals surface area contributed by atoms with Gasteiger partial charge in [0.1, 0.15) is 6.33 Å². The van der Waals surface area contributed by atoms with E-state index in [9.17, 15) is 4.79 Å². The van der Waals surface area contributed by atoms with Gasteiger partial charge in [0.15, 0.2) is 22.8 Å². The number of carbonyl (C=O) groups excluding carboxylic acids is 1. The van der Waals surface area contributed by atoms with Crippen LogP contribution in [0.1, 0.15) is 23.2 Å². The molecule has 1 aliphatic carbocycles. The van der Waals surface area contributed by atoms with Gasteiger partial charge in [-0.1, -0.05) is 12.1 Å². The summed E-state index contributed by atoms with van der Waals surface area (Å²) in [6, 6.07) is 9.48. The molecule has 1 fully saturated rings. The van der Waals surface area contributed by atoms with E-state index >= 15 is 0 Å². The molecule has 5 rings (SSSR count). The van der Waals surface area contributed by atoms with Crippen molar-refractivity contribution in [2.75, 3.05) is 5.32 Å². The predicted molar refractivity (Wildman–Crippen MR) is 105 cm³/mol. The minimum Gasteiger partial charge on any atom is -0.366 e. The third kappa shape index (κ3) is 2.93. The summed E-state index contributed by atoms with van der Waals surface area (Å²) < 4.78 is 1.97. The summed E-state index contributed by atoms with van der Waals surface area (Å²) in [6.07, 6.45) is 4.05. The molecule has 0 aliphatic heterocycles. The highest BCUT2D eigenvalue weighted by molar-refractivity contribution is 7.08. The van der Waals surface area contributed by atoms with Crippen LogP contribution in [0.3, 0.4) is 0 Å². The summed E-state index contributed by atoms with van der Waals surface area (Å²) in [7, 11) is 0. The summed E-state index contributed by atoms with van der Waals surface area (Å²) in [4.78, 5) is 25.3. The zero-order chi connectivity index (χ0) is 18.4. The highest BCUT2D eigenvalue weighted by Gasteiger charge is 2.24. The van der Waals surface area contributed by atoms with E-state index in [2.05, 4.69) is 15.7 Å². The van der Waals surface area contributed by atoms with E-state index in [1.54, 1.807) is 29.8 Å². The molecule has 0 saturated heterocycles. The number of fused-ring (bicyclic) bond motifs is 1. The predicted octanol–water partition coefficient (Wildman–Crippen LogP) is 3.22. The molecule has 4 aromatic rings. The molecule has 3 N–H and O–H groups in total. The number of thiophene rings is 1. The number of amides is 1. The number of hydrogen-bond donors (Lipinski definition) is 2. The lowest BCUT2D eigenvalue weighted by molar-refractivity contribution is 0.100. The molecule has 0 spiro atoms. The first-order valence-electron chi connectivity index (χ1n) is 8.63. The normalized spacial score (nSPS) is 13.8. The number of imidazole rings is 1. The van der Waals surface area contributed by atoms with E-state index in [0.717, 1.165) is 41.1 Å². The topological polar surface area (TPSA) is 98.7 Å². The fourth-order valence-corrected chi connectivity index (χ4v) is 3.55. The molecule has 134 valence electrons. The standard InChI is InChI=1S/C19H16N6OS/c20-16(26)11-1-3-12(4-2-11)17-23-18(22-13-5-6-13)15-19(24-17)25(10-21-15)14-7-8-27-9-14/h1-4,7-10,13H,5-6H2,(H2,20,26)(H,22,23,24). The monoisotopic (exact) mass is 376 g/mol. The molecular formula is C19H16N6OS. The molecule has 8 heteroatoms. The number of hydrogen-bond acceptors (Lipinski definition) is 6. The van der Waals surface area contributed by atoms with Gasteiger partial charge in [0.25, 0.3) is 0 Å². The molecule has 0 unspecified atom stereocenters. The second-order valence-electron chi connectivity index (χ2n) is 6.52. The van der Waals surface area contributed by atoms with Gasteiger partial charge in [-0.15, -0.1) is 0 Å². The number of primary amides is 1. The number of nitrogens with zero attached hydrogens (tertiary/aromatic N) is 4. The van der Waals surface area contributed by atoms with Crippen LogP contribution in [0.2, 0.25) is 0 Å². The second kappa shape index (κ2) is 6.17. The van der Waals surface area contributed by atoms with Gasteiger partial charge in [0.05, 0.1) is 5.69 Å². The first-order valence-corrected chi connectivity index (χ1v) is 9.58. The Kier molecular flexibility index (Phi) is 3.64. The fourth-order valence-electron chi connectivity index (χ4n) is 2.92. The van der Waals surface area contributed by atoms with Crippen molar-refractivity contribution in [2.24, 2.45) is 5.73 Å². The smallest absolute Gasteiger partial charge is 0.248 e. The zero-order valence-electron chi connectivity index (χ0n) is 14.3. The molecule has 3 aromatic heterocycles. The summed E-state index contributed by atoms with van der Waals surface area (Å²) in [5, 5.41) is 7.54. The van der Waals surface area contributed by atoms with Crippen LogP contribution in [-0.4, -0.2) is 31.5 Å². The first-order chi connectivity index (χ1) is 13.2. The number of anilines is 1. The number of rotatable bonds is 5. The molecule has 0 atom stereocenters. The maximum atomic E-state index is 11.3. The minimum absolute atomic E-state index is 0.444. The summed E-state index contributed by atoms with van der Waals surface area (Å²) in [6.45, 7) is 0. The van der Waals surface area contributed by atoms with Crippen molar-refractivity contribution < 1.29 is 4.79 Å². The summed E-state index contributed by atoms with van der Waals surface area (Å²) in [5.74, 6) is 0.869. The van der Waals surface area contributed by atoms with E-state index in [1.165, 1.54) is 0 Å². The van der Waals surface area contributed by atoms with Crippen LogP contribution in [0.15, 0.2) is 47.4 Å². The third-order valence-corrected chi connectivity index (χ3v) is 5.20. The minimum atomic E-state index is -0.454. The SMILES string of the molecule is NC(=O)c1ccc(-c2nc(NC3CC3)c3ncn(-c4ccsc4)c3n2)cc1. The van der Waals surface area contributed by atoms with Crippen molar-refractivity contribution in [3.8, 4) is 17.1 Å². The maximum Gasteiger partial charge on any atom is 0.248 e. The van der Waals surface area contributed by atoms with Crippen molar-refractivity contribution in [3.05, 3.63) is 53.0 Å². The van der Waals surface area contributed by atoms with Crippen molar-refractivity contribution >= 4 is 34.2 Å². The first kappa shape index (κ1) is 16.0. The van der Waals surface area contributed by atoms with Crippen LogP contribution in [0, 0.1) is 0 Å². The molecular weight excluding hydrogens is 360 g/mol. The van der Waals surface area contributed by atoms with Gasteiger partial charge in [0.2, 0.25) is 5.91 Å². The molecule has 1 aromatic carbocycles. The number of carbonyl (C=O) groups is 1. The Morgan fingerprint density at radius 2 is 2.00 bits per heavy atom. The average molecular weight is 376 g/mol. The molecule has 27 heavy (non-hydrogen) atoms. The number of aromatic nitrogens is 4. The summed E-state index contributed by atoms with van der Waals surface area (Å²) >= 11 is 1.62. The lowest BCUT2D eigenvalue weighted by Crippen LogP contribution is -2.10. The largest absolute Gasteiger partial charge is 0.366 e.